The van der Waals surface area contributed by atoms with Crippen LogP contribution in [0, 0.1) is 16.6 Å². The number of hydrogen-bond donors (Lipinski definition) is 0. The van der Waals surface area contributed by atoms with Crippen molar-refractivity contribution in [2.24, 2.45) is 16.3 Å². The smallest absolute Gasteiger partial charge is 0.355 e. The second-order valence-electron chi connectivity index (χ2n) is 4.79. The number of rotatable bonds is 3. The molecule has 9 nitrogen and oxygen atoms in total. The van der Waals surface area contributed by atoms with Crippen molar-refractivity contribution in [3.8, 4) is 0 Å². The zero-order chi connectivity index (χ0) is 16.7. The van der Waals surface area contributed by atoms with Gasteiger partial charge in [-0.3, -0.25) is 9.59 Å². The van der Waals surface area contributed by atoms with Gasteiger partial charge in [0.05, 0.1) is 18.1 Å². The summed E-state index contributed by atoms with van der Waals surface area (Å²) >= 11 is 0. The van der Waals surface area contributed by atoms with E-state index < -0.39 is 35.6 Å². The average molecular weight is 320 g/mol. The predicted octanol–water partition coefficient (Wildman–Crippen LogP) is 0.210. The minimum atomic E-state index is -1.35. The number of amides is 2. The Morgan fingerprint density at radius 3 is 2.48 bits per heavy atom. The maximum Gasteiger partial charge on any atom is 0.355 e. The lowest BCUT2D eigenvalue weighted by atomic mass is 9.98. The first-order valence-electron chi connectivity index (χ1n) is 6.42. The van der Waals surface area contributed by atoms with Crippen LogP contribution >= 0.6 is 0 Å². The predicted molar refractivity (Wildman–Crippen MR) is 73.3 cm³/mol. The van der Waals surface area contributed by atoms with E-state index in [4.69, 9.17) is 0 Å². The third kappa shape index (κ3) is 2.06. The number of carbonyl (C=O) groups is 3. The first-order chi connectivity index (χ1) is 11.0. The fraction of sp³-hybridized carbons (Fsp3) is 0.231. The summed E-state index contributed by atoms with van der Waals surface area (Å²) in [5, 5.41) is 6.60. The molecule has 2 heterocycles. The van der Waals surface area contributed by atoms with Crippen LogP contribution in [0.15, 0.2) is 34.7 Å². The van der Waals surface area contributed by atoms with Crippen LogP contribution < -0.4 is 4.90 Å². The molecule has 1 saturated heterocycles. The third-order valence-corrected chi connectivity index (χ3v) is 3.59. The molecule has 10 heteroatoms. The molecule has 118 valence electrons. The van der Waals surface area contributed by atoms with E-state index in [0.717, 1.165) is 24.1 Å². The van der Waals surface area contributed by atoms with Crippen LogP contribution in [-0.4, -0.2) is 41.8 Å². The van der Waals surface area contributed by atoms with Crippen molar-refractivity contribution in [2.45, 2.75) is 6.04 Å². The van der Waals surface area contributed by atoms with Gasteiger partial charge < -0.3 is 4.74 Å². The van der Waals surface area contributed by atoms with Gasteiger partial charge in [0, 0.05) is 0 Å². The van der Waals surface area contributed by atoms with Crippen LogP contribution in [-0.2, 0) is 19.1 Å². The summed E-state index contributed by atoms with van der Waals surface area (Å²) < 4.78 is 17.5. The highest BCUT2D eigenvalue weighted by molar-refractivity contribution is 6.46. The van der Waals surface area contributed by atoms with Gasteiger partial charge in [-0.25, -0.2) is 14.1 Å². The van der Waals surface area contributed by atoms with E-state index in [2.05, 4.69) is 15.1 Å². The SMILES string of the molecule is COC(=O)C1=NN(N=O)[C@H]2C(=O)N(c3ccc(F)cc3)C(=O)[C@H]12. The van der Waals surface area contributed by atoms with E-state index in [0.29, 0.717) is 5.12 Å². The molecule has 0 radical (unpaired) electrons. The van der Waals surface area contributed by atoms with Crippen molar-refractivity contribution in [1.82, 2.24) is 5.12 Å². The number of benzene rings is 1. The number of esters is 1. The van der Waals surface area contributed by atoms with Crippen molar-refractivity contribution in [1.29, 1.82) is 0 Å². The van der Waals surface area contributed by atoms with E-state index in [1.54, 1.807) is 0 Å². The number of nitroso groups, excluding NO2 is 1. The zero-order valence-corrected chi connectivity index (χ0v) is 11.7. The van der Waals surface area contributed by atoms with Gasteiger partial charge in [-0.05, 0) is 24.3 Å². The van der Waals surface area contributed by atoms with Crippen LogP contribution in [0.1, 0.15) is 0 Å². The maximum absolute atomic E-state index is 13.0. The quantitative estimate of drug-likeness (QED) is 0.447. The van der Waals surface area contributed by atoms with Gasteiger partial charge in [0.25, 0.3) is 5.91 Å². The molecular formula is C13H9FN4O5. The van der Waals surface area contributed by atoms with E-state index in [-0.39, 0.29) is 11.4 Å². The number of methoxy groups -OCH3 is 1. The van der Waals surface area contributed by atoms with Gasteiger partial charge in [-0.2, -0.15) is 0 Å². The molecule has 0 unspecified atom stereocenters. The summed E-state index contributed by atoms with van der Waals surface area (Å²) in [4.78, 5) is 48.3. The first-order valence-corrected chi connectivity index (χ1v) is 6.42. The largest absolute Gasteiger partial charge is 0.464 e. The Labute approximate surface area is 128 Å². The topological polar surface area (TPSA) is 109 Å². The van der Waals surface area contributed by atoms with Gasteiger partial charge in [-0.1, -0.05) is 0 Å². The molecule has 0 aromatic heterocycles. The van der Waals surface area contributed by atoms with Crippen LogP contribution in [0.4, 0.5) is 10.1 Å². The molecule has 2 aliphatic heterocycles. The van der Waals surface area contributed by atoms with E-state index in [9.17, 15) is 23.7 Å². The Morgan fingerprint density at radius 1 is 1.26 bits per heavy atom. The summed E-state index contributed by atoms with van der Waals surface area (Å²) in [6.07, 6.45) is 0. The number of fused-ring (bicyclic) bond motifs is 1. The number of ether oxygens (including phenoxy) is 1. The van der Waals surface area contributed by atoms with E-state index in [1.807, 2.05) is 0 Å². The number of anilines is 1. The molecule has 0 aliphatic carbocycles. The molecular weight excluding hydrogens is 311 g/mol. The molecule has 2 atom stereocenters. The molecule has 2 amide bonds. The molecule has 0 saturated carbocycles. The number of imide groups is 1. The normalized spacial score (nSPS) is 23.0. The number of nitrogens with zero attached hydrogens (tertiary/aromatic N) is 4. The molecule has 0 spiro atoms. The lowest BCUT2D eigenvalue weighted by molar-refractivity contribution is -0.133. The van der Waals surface area contributed by atoms with Gasteiger partial charge in [0.2, 0.25) is 5.91 Å². The second-order valence-corrected chi connectivity index (χ2v) is 4.79. The van der Waals surface area contributed by atoms with Crippen LogP contribution in [0.5, 0.6) is 0 Å². The van der Waals surface area contributed by atoms with Crippen LogP contribution in [0.25, 0.3) is 0 Å². The van der Waals surface area contributed by atoms with Gasteiger partial charge in [0.15, 0.2) is 11.8 Å². The number of carbonyl (C=O) groups excluding carboxylic acids is 3. The summed E-state index contributed by atoms with van der Waals surface area (Å²) in [5.74, 6) is -4.32. The van der Waals surface area contributed by atoms with E-state index in [1.165, 1.54) is 12.1 Å². The zero-order valence-electron chi connectivity index (χ0n) is 11.7. The third-order valence-electron chi connectivity index (χ3n) is 3.59. The van der Waals surface area contributed by atoms with Gasteiger partial charge in [0.1, 0.15) is 11.7 Å². The summed E-state index contributed by atoms with van der Waals surface area (Å²) in [6.45, 7) is 0. The molecule has 23 heavy (non-hydrogen) atoms. The van der Waals surface area contributed by atoms with Crippen molar-refractivity contribution >= 4 is 29.2 Å². The van der Waals surface area contributed by atoms with Crippen LogP contribution in [0.2, 0.25) is 0 Å². The van der Waals surface area contributed by atoms with Gasteiger partial charge in [-0.15, -0.1) is 15.1 Å². The summed E-state index contributed by atoms with van der Waals surface area (Å²) in [5.41, 5.74) is -0.258. The van der Waals surface area contributed by atoms with Gasteiger partial charge >= 0.3 is 5.97 Å². The Hall–Kier alpha value is -3.17. The fourth-order valence-corrected chi connectivity index (χ4v) is 2.58. The lowest BCUT2D eigenvalue weighted by Crippen LogP contribution is -2.36. The summed E-state index contributed by atoms with van der Waals surface area (Å²) in [7, 11) is 1.08. The Morgan fingerprint density at radius 2 is 1.91 bits per heavy atom. The molecule has 2 aliphatic rings. The van der Waals surface area contributed by atoms with Crippen molar-refractivity contribution in [3.05, 3.63) is 35.0 Å². The van der Waals surface area contributed by atoms with Crippen molar-refractivity contribution in [3.63, 3.8) is 0 Å². The van der Waals surface area contributed by atoms with Crippen LogP contribution in [0.3, 0.4) is 0 Å². The molecule has 0 N–H and O–H groups in total. The number of hydrogen-bond acceptors (Lipinski definition) is 7. The maximum atomic E-state index is 13.0. The van der Waals surface area contributed by atoms with Crippen molar-refractivity contribution in [2.75, 3.05) is 12.0 Å². The molecule has 1 aromatic carbocycles. The lowest BCUT2D eigenvalue weighted by Gasteiger charge is -2.16. The first kappa shape index (κ1) is 14.8. The number of halogens is 1. The molecule has 0 bridgehead atoms. The second kappa shape index (κ2) is 5.23. The Kier molecular flexibility index (Phi) is 3.36. The highest BCUT2D eigenvalue weighted by Gasteiger charge is 2.59. The standard InChI is InChI=1S/C13H9FN4O5/c1-23-13(21)9-8-10(18(15-9)16-22)12(20)17(11(8)19)7-4-2-6(14)3-5-7/h2-5,8,10H,1H3/t8-,10-/m1/s1. The molecule has 1 aromatic rings. The highest BCUT2D eigenvalue weighted by Crippen LogP contribution is 2.35. The minimum absolute atomic E-state index is 0.117. The molecule has 1 fully saturated rings. The summed E-state index contributed by atoms with van der Waals surface area (Å²) in [6, 6.07) is 3.28. The van der Waals surface area contributed by atoms with E-state index >= 15 is 0 Å². The fourth-order valence-electron chi connectivity index (χ4n) is 2.58. The highest BCUT2D eigenvalue weighted by atomic mass is 19.1. The Bertz CT molecular complexity index is 747. The monoisotopic (exact) mass is 320 g/mol. The molecule has 3 rings (SSSR count). The minimum Gasteiger partial charge on any atom is -0.464 e. The van der Waals surface area contributed by atoms with Crippen molar-refractivity contribution < 1.29 is 23.5 Å². The number of hydrazone groups is 1. The average Bonchev–Trinajstić information content (AvgIpc) is 3.05. The Balaban J connectivity index is 2.03.